The topological polar surface area (TPSA) is 118 Å². The van der Waals surface area contributed by atoms with Crippen LogP contribution in [0, 0.1) is 11.7 Å². The zero-order valence-electron chi connectivity index (χ0n) is 17.3. The molecule has 2 aromatic heterocycles. The minimum Gasteiger partial charge on any atom is -0.437 e. The lowest BCUT2D eigenvalue weighted by Crippen LogP contribution is -2.78. The number of nitrogens with two attached hydrogens (primary N) is 1. The van der Waals surface area contributed by atoms with Gasteiger partial charge in [-0.2, -0.15) is 0 Å². The standard InChI is InChI=1S/C21H22BrFN6O3/c1-24-28-19-15(25-9-12-2-3-12)4-5-17(18(19)22)32-21-13(8-14(23)11-27-21)10-26-20(30)16-6-7-31-29-16/h4-8,11-12,24-25,28H,2-3,9-10H2,1H3,(H,26,30)/p+1. The van der Waals surface area contributed by atoms with E-state index >= 15 is 0 Å². The Morgan fingerprint density at radius 2 is 2.22 bits per heavy atom. The van der Waals surface area contributed by atoms with Crippen LogP contribution >= 0.6 is 15.9 Å². The molecule has 1 fully saturated rings. The van der Waals surface area contributed by atoms with Crippen molar-refractivity contribution in [2.45, 2.75) is 19.4 Å². The Morgan fingerprint density at radius 3 is 2.94 bits per heavy atom. The van der Waals surface area contributed by atoms with Crippen LogP contribution in [0.3, 0.4) is 0 Å². The summed E-state index contributed by atoms with van der Waals surface area (Å²) in [6.07, 6.45) is 4.92. The molecule has 0 bridgehead atoms. The first-order valence-electron chi connectivity index (χ1n) is 10.1. The van der Waals surface area contributed by atoms with Crippen molar-refractivity contribution in [2.24, 2.45) is 5.92 Å². The van der Waals surface area contributed by atoms with Gasteiger partial charge in [0, 0.05) is 37.2 Å². The molecule has 0 spiro atoms. The van der Waals surface area contributed by atoms with Gasteiger partial charge < -0.3 is 25.3 Å². The summed E-state index contributed by atoms with van der Waals surface area (Å²) in [6, 6.07) is 6.49. The number of hydrogen-bond donors (Lipinski definition) is 4. The molecule has 2 heterocycles. The summed E-state index contributed by atoms with van der Waals surface area (Å²) in [6.45, 7) is 1.03. The first-order chi connectivity index (χ1) is 15.5. The molecule has 4 rings (SSSR count). The number of hydrogen-bond acceptors (Lipinski definition) is 7. The first-order valence-corrected chi connectivity index (χ1v) is 10.9. The molecule has 168 valence electrons. The lowest BCUT2D eigenvalue weighted by Gasteiger charge is -2.16. The number of amides is 1. The SMILES string of the molecule is CNNc1c([NH2+]CC2CC2)ccc(Oc2ncc(F)cc2CNC(=O)c2ccon2)c1Br. The lowest BCUT2D eigenvalue weighted by atomic mass is 10.2. The molecule has 0 atom stereocenters. The Hall–Kier alpha value is -3.02. The highest BCUT2D eigenvalue weighted by Crippen LogP contribution is 2.39. The van der Waals surface area contributed by atoms with Crippen molar-refractivity contribution in [1.82, 2.24) is 20.9 Å². The van der Waals surface area contributed by atoms with E-state index in [2.05, 4.69) is 52.1 Å². The molecule has 1 amide bonds. The van der Waals surface area contributed by atoms with Crippen molar-refractivity contribution in [2.75, 3.05) is 19.0 Å². The van der Waals surface area contributed by atoms with Gasteiger partial charge >= 0.3 is 0 Å². The molecule has 0 radical (unpaired) electrons. The Morgan fingerprint density at radius 1 is 1.38 bits per heavy atom. The van der Waals surface area contributed by atoms with E-state index < -0.39 is 11.7 Å². The fraction of sp³-hybridized carbons (Fsp3) is 0.286. The van der Waals surface area contributed by atoms with E-state index in [1.54, 1.807) is 7.05 Å². The molecule has 1 aliphatic rings. The molecular formula is C21H23BrFN6O3+. The zero-order chi connectivity index (χ0) is 22.5. The average Bonchev–Trinajstić information content (AvgIpc) is 3.45. The Balaban J connectivity index is 1.53. The van der Waals surface area contributed by atoms with Crippen LogP contribution in [0.4, 0.5) is 15.8 Å². The van der Waals surface area contributed by atoms with Crippen molar-refractivity contribution in [3.8, 4) is 11.6 Å². The maximum atomic E-state index is 13.8. The van der Waals surface area contributed by atoms with Gasteiger partial charge in [-0.05, 0) is 40.9 Å². The van der Waals surface area contributed by atoms with Crippen LogP contribution in [0.1, 0.15) is 28.9 Å². The molecule has 11 heteroatoms. The molecule has 32 heavy (non-hydrogen) atoms. The Labute approximate surface area is 192 Å². The number of halogens is 2. The molecule has 9 nitrogen and oxygen atoms in total. The van der Waals surface area contributed by atoms with Crippen LogP contribution < -0.4 is 26.2 Å². The molecule has 1 saturated carbocycles. The van der Waals surface area contributed by atoms with Crippen molar-refractivity contribution in [3.63, 3.8) is 0 Å². The maximum Gasteiger partial charge on any atom is 0.273 e. The fourth-order valence-corrected chi connectivity index (χ4v) is 3.65. The van der Waals surface area contributed by atoms with E-state index in [1.807, 2.05) is 12.1 Å². The highest BCUT2D eigenvalue weighted by molar-refractivity contribution is 9.10. The monoisotopic (exact) mass is 505 g/mol. The molecule has 0 aliphatic heterocycles. The van der Waals surface area contributed by atoms with Gasteiger partial charge in [0.1, 0.15) is 23.5 Å². The van der Waals surface area contributed by atoms with Gasteiger partial charge in [0.15, 0.2) is 11.4 Å². The van der Waals surface area contributed by atoms with E-state index in [1.165, 1.54) is 31.2 Å². The van der Waals surface area contributed by atoms with Gasteiger partial charge in [0.05, 0.1) is 17.2 Å². The lowest BCUT2D eigenvalue weighted by molar-refractivity contribution is -0.574. The fourth-order valence-electron chi connectivity index (χ4n) is 3.11. The number of rotatable bonds is 10. The number of nitrogens with zero attached hydrogens (tertiary/aromatic N) is 2. The number of nitrogens with one attached hydrogen (secondary N) is 3. The molecule has 1 aromatic carbocycles. The minimum absolute atomic E-state index is 0.00171. The van der Waals surface area contributed by atoms with Crippen molar-refractivity contribution < 1.29 is 23.8 Å². The van der Waals surface area contributed by atoms with E-state index in [0.29, 0.717) is 15.8 Å². The molecular weight excluding hydrogens is 483 g/mol. The van der Waals surface area contributed by atoms with Crippen LogP contribution in [0.2, 0.25) is 0 Å². The van der Waals surface area contributed by atoms with Crippen molar-refractivity contribution >= 4 is 33.2 Å². The minimum atomic E-state index is -0.537. The highest BCUT2D eigenvalue weighted by atomic mass is 79.9. The quantitative estimate of drug-likeness (QED) is 0.247. The molecule has 3 aromatic rings. The largest absolute Gasteiger partial charge is 0.437 e. The summed E-state index contributed by atoms with van der Waals surface area (Å²) < 4.78 is 25.2. The average molecular weight is 506 g/mol. The summed E-state index contributed by atoms with van der Waals surface area (Å²) in [5.74, 6) is 0.452. The number of quaternary nitrogens is 1. The maximum absolute atomic E-state index is 13.8. The Kier molecular flexibility index (Phi) is 6.98. The van der Waals surface area contributed by atoms with Gasteiger partial charge in [-0.15, -0.1) is 0 Å². The van der Waals surface area contributed by atoms with Crippen molar-refractivity contribution in [1.29, 1.82) is 0 Å². The second kappa shape index (κ2) is 10.1. The number of benzene rings is 1. The second-order valence-corrected chi connectivity index (χ2v) is 8.18. The number of anilines is 1. The molecule has 0 unspecified atom stereocenters. The van der Waals surface area contributed by atoms with Crippen LogP contribution in [0.15, 0.2) is 45.7 Å². The van der Waals surface area contributed by atoms with Crippen LogP contribution in [0.25, 0.3) is 0 Å². The molecule has 5 N–H and O–H groups in total. The normalized spacial score (nSPS) is 13.1. The van der Waals surface area contributed by atoms with Crippen molar-refractivity contribution in [3.05, 3.63) is 58.3 Å². The number of pyridine rings is 1. The molecule has 0 saturated heterocycles. The summed E-state index contributed by atoms with van der Waals surface area (Å²) in [7, 11) is 1.78. The summed E-state index contributed by atoms with van der Waals surface area (Å²) in [5, 5.41) is 8.44. The van der Waals surface area contributed by atoms with E-state index in [4.69, 9.17) is 4.74 Å². The predicted octanol–water partition coefficient (Wildman–Crippen LogP) is 2.84. The number of hydrazine groups is 1. The van der Waals surface area contributed by atoms with Crippen LogP contribution in [-0.4, -0.2) is 29.6 Å². The number of ether oxygens (including phenoxy) is 1. The predicted molar refractivity (Wildman–Crippen MR) is 118 cm³/mol. The summed E-state index contributed by atoms with van der Waals surface area (Å²) >= 11 is 3.60. The van der Waals surface area contributed by atoms with Gasteiger partial charge in [0.2, 0.25) is 5.88 Å². The van der Waals surface area contributed by atoms with Gasteiger partial charge in [-0.1, -0.05) is 5.16 Å². The third kappa shape index (κ3) is 5.42. The first kappa shape index (κ1) is 22.2. The molecule has 1 aliphatic carbocycles. The number of carbonyl (C=O) groups is 1. The third-order valence-electron chi connectivity index (χ3n) is 4.97. The third-order valence-corrected chi connectivity index (χ3v) is 5.75. The van der Waals surface area contributed by atoms with E-state index in [9.17, 15) is 9.18 Å². The van der Waals surface area contributed by atoms with Gasteiger partial charge in [0.25, 0.3) is 5.91 Å². The number of aromatic nitrogens is 2. The summed E-state index contributed by atoms with van der Waals surface area (Å²) in [5.41, 5.74) is 8.44. The van der Waals surface area contributed by atoms with Crippen LogP contribution in [0.5, 0.6) is 11.6 Å². The highest BCUT2D eigenvalue weighted by Gasteiger charge is 2.25. The van der Waals surface area contributed by atoms with Gasteiger partial charge in [-0.3, -0.25) is 4.79 Å². The Bertz CT molecular complexity index is 1090. The zero-order valence-corrected chi connectivity index (χ0v) is 18.9. The number of carbonyl (C=O) groups excluding carboxylic acids is 1. The summed E-state index contributed by atoms with van der Waals surface area (Å²) in [4.78, 5) is 16.2. The smallest absolute Gasteiger partial charge is 0.273 e. The second-order valence-electron chi connectivity index (χ2n) is 7.39. The van der Waals surface area contributed by atoms with E-state index in [0.717, 1.165) is 30.0 Å². The van der Waals surface area contributed by atoms with Crippen LogP contribution in [-0.2, 0) is 6.54 Å². The van der Waals surface area contributed by atoms with Gasteiger partial charge in [-0.25, -0.2) is 14.8 Å². The van der Waals surface area contributed by atoms with E-state index in [-0.39, 0.29) is 18.1 Å².